The lowest BCUT2D eigenvalue weighted by Crippen LogP contribution is -2.19. The van der Waals surface area contributed by atoms with E-state index in [2.05, 4.69) is 17.4 Å². The maximum Gasteiger partial charge on any atom is 0.0555 e. The first-order valence-electron chi connectivity index (χ1n) is 5.40. The lowest BCUT2D eigenvalue weighted by Gasteiger charge is -2.05. The standard InChI is InChI=1S/C12H20N2O/c1-10-9-11(4-5-12(10)13)3-2-6-14-7-8-15/h4-5,9,14-15H,2-3,6-8,13H2,1H3. The number of anilines is 1. The summed E-state index contributed by atoms with van der Waals surface area (Å²) in [5.41, 5.74) is 9.08. The number of aryl methyl sites for hydroxylation is 2. The van der Waals surface area contributed by atoms with Gasteiger partial charge in [-0.2, -0.15) is 0 Å². The average molecular weight is 208 g/mol. The second-order valence-corrected chi connectivity index (χ2v) is 3.77. The number of hydrogen-bond donors (Lipinski definition) is 3. The average Bonchev–Trinajstić information content (AvgIpc) is 2.23. The van der Waals surface area contributed by atoms with Crippen molar-refractivity contribution < 1.29 is 5.11 Å². The van der Waals surface area contributed by atoms with Gasteiger partial charge in [-0.05, 0) is 43.5 Å². The smallest absolute Gasteiger partial charge is 0.0555 e. The Bertz CT molecular complexity index is 300. The van der Waals surface area contributed by atoms with Crippen LogP contribution in [-0.4, -0.2) is 24.8 Å². The molecule has 0 heterocycles. The Kier molecular flexibility index (Phi) is 5.15. The molecule has 0 fully saturated rings. The van der Waals surface area contributed by atoms with Gasteiger partial charge < -0.3 is 16.2 Å². The molecule has 0 aromatic heterocycles. The van der Waals surface area contributed by atoms with Crippen LogP contribution in [0.4, 0.5) is 5.69 Å². The first kappa shape index (κ1) is 12.0. The number of nitrogens with one attached hydrogen (secondary N) is 1. The maximum absolute atomic E-state index is 8.57. The second kappa shape index (κ2) is 6.43. The molecular formula is C12H20N2O. The van der Waals surface area contributed by atoms with Gasteiger partial charge in [0, 0.05) is 12.2 Å². The highest BCUT2D eigenvalue weighted by molar-refractivity contribution is 5.47. The van der Waals surface area contributed by atoms with Crippen molar-refractivity contribution in [3.8, 4) is 0 Å². The van der Waals surface area contributed by atoms with Gasteiger partial charge in [-0.25, -0.2) is 0 Å². The zero-order valence-corrected chi connectivity index (χ0v) is 9.29. The molecule has 84 valence electrons. The molecule has 3 heteroatoms. The first-order chi connectivity index (χ1) is 7.24. The summed E-state index contributed by atoms with van der Waals surface area (Å²) in [6, 6.07) is 6.18. The van der Waals surface area contributed by atoms with Crippen molar-refractivity contribution in [3.05, 3.63) is 29.3 Å². The molecule has 1 aromatic rings. The van der Waals surface area contributed by atoms with Gasteiger partial charge in [-0.1, -0.05) is 12.1 Å². The lowest BCUT2D eigenvalue weighted by molar-refractivity contribution is 0.292. The molecular weight excluding hydrogens is 188 g/mol. The summed E-state index contributed by atoms with van der Waals surface area (Å²) < 4.78 is 0. The minimum absolute atomic E-state index is 0.209. The highest BCUT2D eigenvalue weighted by Gasteiger charge is 1.96. The van der Waals surface area contributed by atoms with Crippen LogP contribution in [-0.2, 0) is 6.42 Å². The van der Waals surface area contributed by atoms with E-state index in [1.54, 1.807) is 0 Å². The van der Waals surface area contributed by atoms with Crippen molar-refractivity contribution in [1.82, 2.24) is 5.32 Å². The number of nitrogen functional groups attached to an aromatic ring is 1. The number of rotatable bonds is 6. The Morgan fingerprint density at radius 3 is 2.80 bits per heavy atom. The fraction of sp³-hybridized carbons (Fsp3) is 0.500. The van der Waals surface area contributed by atoms with Crippen molar-refractivity contribution in [2.75, 3.05) is 25.4 Å². The lowest BCUT2D eigenvalue weighted by atomic mass is 10.1. The number of hydrogen-bond acceptors (Lipinski definition) is 3. The monoisotopic (exact) mass is 208 g/mol. The summed E-state index contributed by atoms with van der Waals surface area (Å²) in [6.07, 6.45) is 2.14. The normalized spacial score (nSPS) is 10.5. The van der Waals surface area contributed by atoms with Crippen molar-refractivity contribution >= 4 is 5.69 Å². The number of nitrogens with two attached hydrogens (primary N) is 1. The van der Waals surface area contributed by atoms with Gasteiger partial charge in [0.15, 0.2) is 0 Å². The molecule has 0 atom stereocenters. The van der Waals surface area contributed by atoms with E-state index in [0.29, 0.717) is 6.54 Å². The zero-order chi connectivity index (χ0) is 11.1. The molecule has 0 amide bonds. The summed E-state index contributed by atoms with van der Waals surface area (Å²) in [5.74, 6) is 0. The molecule has 0 saturated heterocycles. The third kappa shape index (κ3) is 4.32. The van der Waals surface area contributed by atoms with Crippen LogP contribution in [0.3, 0.4) is 0 Å². The number of benzene rings is 1. The molecule has 0 unspecified atom stereocenters. The van der Waals surface area contributed by atoms with Crippen LogP contribution in [0.25, 0.3) is 0 Å². The van der Waals surface area contributed by atoms with E-state index in [-0.39, 0.29) is 6.61 Å². The Hall–Kier alpha value is -1.06. The van der Waals surface area contributed by atoms with Crippen LogP contribution in [0.15, 0.2) is 18.2 Å². The summed E-state index contributed by atoms with van der Waals surface area (Å²) in [4.78, 5) is 0. The molecule has 0 aliphatic rings. The summed E-state index contributed by atoms with van der Waals surface area (Å²) in [6.45, 7) is 3.87. The van der Waals surface area contributed by atoms with Crippen molar-refractivity contribution in [1.29, 1.82) is 0 Å². The third-order valence-corrected chi connectivity index (χ3v) is 2.44. The van der Waals surface area contributed by atoms with Crippen LogP contribution in [0, 0.1) is 6.92 Å². The molecule has 0 bridgehead atoms. The minimum atomic E-state index is 0.209. The second-order valence-electron chi connectivity index (χ2n) is 3.77. The van der Waals surface area contributed by atoms with Gasteiger partial charge in [0.2, 0.25) is 0 Å². The molecule has 4 N–H and O–H groups in total. The summed E-state index contributed by atoms with van der Waals surface area (Å²) >= 11 is 0. The van der Waals surface area contributed by atoms with Crippen LogP contribution in [0.2, 0.25) is 0 Å². The summed E-state index contributed by atoms with van der Waals surface area (Å²) in [7, 11) is 0. The molecule has 3 nitrogen and oxygen atoms in total. The first-order valence-corrected chi connectivity index (χ1v) is 5.40. The summed E-state index contributed by atoms with van der Waals surface area (Å²) in [5, 5.41) is 11.7. The van der Waals surface area contributed by atoms with Gasteiger partial charge in [-0.3, -0.25) is 0 Å². The minimum Gasteiger partial charge on any atom is -0.399 e. The predicted molar refractivity (Wildman–Crippen MR) is 63.9 cm³/mol. The highest BCUT2D eigenvalue weighted by atomic mass is 16.3. The molecule has 1 aromatic carbocycles. The molecule has 0 aliphatic heterocycles. The Morgan fingerprint density at radius 2 is 2.13 bits per heavy atom. The van der Waals surface area contributed by atoms with Crippen molar-refractivity contribution in [2.45, 2.75) is 19.8 Å². The van der Waals surface area contributed by atoms with Crippen LogP contribution < -0.4 is 11.1 Å². The number of aliphatic hydroxyl groups excluding tert-OH is 1. The maximum atomic E-state index is 8.57. The van der Waals surface area contributed by atoms with E-state index in [4.69, 9.17) is 10.8 Å². The van der Waals surface area contributed by atoms with Gasteiger partial charge in [0.25, 0.3) is 0 Å². The van der Waals surface area contributed by atoms with E-state index in [1.807, 2.05) is 13.0 Å². The van der Waals surface area contributed by atoms with Gasteiger partial charge >= 0.3 is 0 Å². The molecule has 0 saturated carbocycles. The van der Waals surface area contributed by atoms with E-state index >= 15 is 0 Å². The van der Waals surface area contributed by atoms with Crippen LogP contribution in [0.5, 0.6) is 0 Å². The van der Waals surface area contributed by atoms with Crippen molar-refractivity contribution in [3.63, 3.8) is 0 Å². The topological polar surface area (TPSA) is 58.3 Å². The van der Waals surface area contributed by atoms with Gasteiger partial charge in [-0.15, -0.1) is 0 Å². The van der Waals surface area contributed by atoms with Gasteiger partial charge in [0.1, 0.15) is 0 Å². The van der Waals surface area contributed by atoms with Crippen LogP contribution >= 0.6 is 0 Å². The number of aliphatic hydroxyl groups is 1. The van der Waals surface area contributed by atoms with Gasteiger partial charge in [0.05, 0.1) is 6.61 Å². The SMILES string of the molecule is Cc1cc(CCCNCCO)ccc1N. The van der Waals surface area contributed by atoms with E-state index in [9.17, 15) is 0 Å². The van der Waals surface area contributed by atoms with Crippen LogP contribution in [0.1, 0.15) is 17.5 Å². The third-order valence-electron chi connectivity index (χ3n) is 2.44. The van der Waals surface area contributed by atoms with Crippen molar-refractivity contribution in [2.24, 2.45) is 0 Å². The molecule has 0 aliphatic carbocycles. The van der Waals surface area contributed by atoms with E-state index in [1.165, 1.54) is 5.56 Å². The fourth-order valence-corrected chi connectivity index (χ4v) is 1.51. The Labute approximate surface area is 91.3 Å². The largest absolute Gasteiger partial charge is 0.399 e. The molecule has 1 rings (SSSR count). The molecule has 0 radical (unpaired) electrons. The van der Waals surface area contributed by atoms with E-state index in [0.717, 1.165) is 30.6 Å². The Morgan fingerprint density at radius 1 is 1.33 bits per heavy atom. The fourth-order valence-electron chi connectivity index (χ4n) is 1.51. The molecule has 15 heavy (non-hydrogen) atoms. The predicted octanol–water partition coefficient (Wildman–Crippen LogP) is 1.09. The van der Waals surface area contributed by atoms with E-state index < -0.39 is 0 Å². The Balaban J connectivity index is 2.28. The highest BCUT2D eigenvalue weighted by Crippen LogP contribution is 2.13. The quantitative estimate of drug-likeness (QED) is 0.484. The molecule has 0 spiro atoms. The zero-order valence-electron chi connectivity index (χ0n) is 9.29.